The summed E-state index contributed by atoms with van der Waals surface area (Å²) in [6.07, 6.45) is 2.04. The van der Waals surface area contributed by atoms with Gasteiger partial charge in [-0.25, -0.2) is 12.8 Å². The number of hydrogen-bond donors (Lipinski definition) is 0. The van der Waals surface area contributed by atoms with E-state index in [9.17, 15) is 17.6 Å². The lowest BCUT2D eigenvalue weighted by Gasteiger charge is -2.15. The summed E-state index contributed by atoms with van der Waals surface area (Å²) in [6.45, 7) is 1.54. The van der Waals surface area contributed by atoms with Gasteiger partial charge in [0, 0.05) is 23.7 Å². The summed E-state index contributed by atoms with van der Waals surface area (Å²) >= 11 is 5.91. The Morgan fingerprint density at radius 1 is 1.04 bits per heavy atom. The highest BCUT2D eigenvalue weighted by molar-refractivity contribution is 7.89. The third-order valence-corrected chi connectivity index (χ3v) is 6.25. The van der Waals surface area contributed by atoms with Crippen LogP contribution < -0.4 is 0 Å². The molecule has 7 heteroatoms. The number of amides is 1. The van der Waals surface area contributed by atoms with Crippen LogP contribution in [0, 0.1) is 5.82 Å². The van der Waals surface area contributed by atoms with Gasteiger partial charge in [-0.3, -0.25) is 4.79 Å². The van der Waals surface area contributed by atoms with E-state index in [-0.39, 0.29) is 22.4 Å². The van der Waals surface area contributed by atoms with Gasteiger partial charge in [-0.15, -0.1) is 0 Å². The summed E-state index contributed by atoms with van der Waals surface area (Å²) in [7, 11) is -3.47. The van der Waals surface area contributed by atoms with Crippen molar-refractivity contribution in [2.75, 3.05) is 13.1 Å². The van der Waals surface area contributed by atoms with Crippen LogP contribution in [0.15, 0.2) is 42.5 Å². The first-order valence-electron chi connectivity index (χ1n) is 8.37. The maximum Gasteiger partial charge on any atom is 0.253 e. The molecule has 1 amide bonds. The number of halogens is 2. The molecule has 26 heavy (non-hydrogen) atoms. The van der Waals surface area contributed by atoms with E-state index in [2.05, 4.69) is 0 Å². The quantitative estimate of drug-likeness (QED) is 0.773. The van der Waals surface area contributed by atoms with Crippen molar-refractivity contribution in [1.82, 2.24) is 4.90 Å². The second-order valence-corrected chi connectivity index (χ2v) is 8.94. The Morgan fingerprint density at radius 2 is 1.69 bits per heavy atom. The van der Waals surface area contributed by atoms with Gasteiger partial charge < -0.3 is 4.90 Å². The number of benzene rings is 2. The van der Waals surface area contributed by atoms with Crippen LogP contribution in [-0.4, -0.2) is 32.3 Å². The molecule has 4 nitrogen and oxygen atoms in total. The highest BCUT2D eigenvalue weighted by atomic mass is 35.5. The molecule has 1 fully saturated rings. The van der Waals surface area contributed by atoms with E-state index >= 15 is 0 Å². The van der Waals surface area contributed by atoms with Crippen LogP contribution in [0.1, 0.15) is 34.3 Å². The molecule has 2 aromatic carbocycles. The number of sulfone groups is 1. The van der Waals surface area contributed by atoms with Gasteiger partial charge in [0.05, 0.1) is 11.5 Å². The molecule has 0 bridgehead atoms. The van der Waals surface area contributed by atoms with Crippen molar-refractivity contribution in [2.45, 2.75) is 24.3 Å². The molecule has 0 N–H and O–H groups in total. The Morgan fingerprint density at radius 3 is 2.31 bits per heavy atom. The Bertz CT molecular complexity index is 907. The number of hydrogen-bond acceptors (Lipinski definition) is 3. The molecule has 1 aliphatic rings. The van der Waals surface area contributed by atoms with Crippen LogP contribution in [0.3, 0.4) is 0 Å². The molecular weight excluding hydrogens is 377 g/mol. The summed E-state index contributed by atoms with van der Waals surface area (Å²) < 4.78 is 37.9. The summed E-state index contributed by atoms with van der Waals surface area (Å²) in [5.74, 6) is -0.955. The van der Waals surface area contributed by atoms with Crippen molar-refractivity contribution in [3.8, 4) is 0 Å². The highest BCUT2D eigenvalue weighted by Crippen LogP contribution is 2.22. The van der Waals surface area contributed by atoms with E-state index < -0.39 is 15.7 Å². The van der Waals surface area contributed by atoms with Crippen molar-refractivity contribution in [3.63, 3.8) is 0 Å². The minimum Gasteiger partial charge on any atom is -0.339 e. The van der Waals surface area contributed by atoms with Gasteiger partial charge in [0.1, 0.15) is 5.82 Å². The molecule has 1 saturated heterocycles. The van der Waals surface area contributed by atoms with Gasteiger partial charge in [-0.2, -0.15) is 0 Å². The van der Waals surface area contributed by atoms with E-state index in [1.54, 1.807) is 24.3 Å². The van der Waals surface area contributed by atoms with Gasteiger partial charge in [0.2, 0.25) is 0 Å². The monoisotopic (exact) mass is 395 g/mol. The molecule has 1 aliphatic heterocycles. The first-order chi connectivity index (χ1) is 12.3. The Hall–Kier alpha value is -1.92. The van der Waals surface area contributed by atoms with E-state index in [1.807, 2.05) is 4.90 Å². The predicted molar refractivity (Wildman–Crippen MR) is 99.3 cm³/mol. The zero-order chi connectivity index (χ0) is 18.7. The van der Waals surface area contributed by atoms with Gasteiger partial charge in [-0.05, 0) is 48.2 Å². The number of carbonyl (C=O) groups is 1. The second kappa shape index (κ2) is 7.76. The summed E-state index contributed by atoms with van der Waals surface area (Å²) in [6, 6.07) is 10.3. The van der Waals surface area contributed by atoms with Crippen molar-refractivity contribution < 1.29 is 17.6 Å². The SMILES string of the molecule is O=C(c1ccc(CS(=O)(=O)Cc2ccc(F)cc2Cl)cc1)N1CCCC1. The fourth-order valence-corrected chi connectivity index (χ4v) is 4.87. The first kappa shape index (κ1) is 18.9. The average Bonchev–Trinajstić information content (AvgIpc) is 3.12. The second-order valence-electron chi connectivity index (χ2n) is 6.46. The molecule has 0 radical (unpaired) electrons. The number of likely N-dealkylation sites (tertiary alicyclic amines) is 1. The molecule has 3 rings (SSSR count). The lowest BCUT2D eigenvalue weighted by molar-refractivity contribution is 0.0793. The smallest absolute Gasteiger partial charge is 0.253 e. The topological polar surface area (TPSA) is 54.5 Å². The summed E-state index contributed by atoms with van der Waals surface area (Å²) in [4.78, 5) is 14.1. The van der Waals surface area contributed by atoms with E-state index in [0.29, 0.717) is 16.7 Å². The molecule has 2 aromatic rings. The van der Waals surface area contributed by atoms with Crippen LogP contribution in [0.5, 0.6) is 0 Å². The minimum atomic E-state index is -3.47. The molecule has 138 valence electrons. The number of carbonyl (C=O) groups excluding carboxylic acids is 1. The first-order valence-corrected chi connectivity index (χ1v) is 10.6. The van der Waals surface area contributed by atoms with E-state index in [1.165, 1.54) is 12.1 Å². The molecule has 0 spiro atoms. The van der Waals surface area contributed by atoms with Gasteiger partial charge in [0.25, 0.3) is 5.91 Å². The van der Waals surface area contributed by atoms with Crippen molar-refractivity contribution in [3.05, 3.63) is 70.0 Å². The zero-order valence-corrected chi connectivity index (χ0v) is 15.7. The van der Waals surface area contributed by atoms with Crippen LogP contribution >= 0.6 is 11.6 Å². The van der Waals surface area contributed by atoms with E-state index in [0.717, 1.165) is 32.0 Å². The Balaban J connectivity index is 1.68. The van der Waals surface area contributed by atoms with Crippen LogP contribution in [-0.2, 0) is 21.3 Å². The molecule has 0 aromatic heterocycles. The van der Waals surface area contributed by atoms with Gasteiger partial charge in [-0.1, -0.05) is 29.8 Å². The fourth-order valence-electron chi connectivity index (χ4n) is 3.03. The normalized spacial score (nSPS) is 14.6. The van der Waals surface area contributed by atoms with Crippen molar-refractivity contribution >= 4 is 27.3 Å². The van der Waals surface area contributed by atoms with Gasteiger partial charge >= 0.3 is 0 Å². The molecule has 0 atom stereocenters. The average molecular weight is 396 g/mol. The predicted octanol–water partition coefficient (Wildman–Crippen LogP) is 3.83. The third-order valence-electron chi connectivity index (χ3n) is 4.37. The number of rotatable bonds is 5. The van der Waals surface area contributed by atoms with Crippen LogP contribution in [0.25, 0.3) is 0 Å². The van der Waals surface area contributed by atoms with Gasteiger partial charge in [0.15, 0.2) is 9.84 Å². The maximum atomic E-state index is 13.1. The lowest BCUT2D eigenvalue weighted by atomic mass is 10.1. The van der Waals surface area contributed by atoms with Crippen molar-refractivity contribution in [2.24, 2.45) is 0 Å². The van der Waals surface area contributed by atoms with Crippen molar-refractivity contribution in [1.29, 1.82) is 0 Å². The summed E-state index contributed by atoms with van der Waals surface area (Å²) in [5.41, 5.74) is 1.53. The largest absolute Gasteiger partial charge is 0.339 e. The fraction of sp³-hybridized carbons (Fsp3) is 0.316. The third kappa shape index (κ3) is 4.62. The molecule has 1 heterocycles. The minimum absolute atomic E-state index is 0.0185. The maximum absolute atomic E-state index is 13.1. The molecule has 0 aliphatic carbocycles. The van der Waals surface area contributed by atoms with Crippen LogP contribution in [0.2, 0.25) is 5.02 Å². The van der Waals surface area contributed by atoms with Crippen LogP contribution in [0.4, 0.5) is 4.39 Å². The Kier molecular flexibility index (Phi) is 5.63. The van der Waals surface area contributed by atoms with E-state index in [4.69, 9.17) is 11.6 Å². The molecule has 0 unspecified atom stereocenters. The summed E-state index contributed by atoms with van der Waals surface area (Å²) in [5, 5.41) is 0.0973. The zero-order valence-electron chi connectivity index (χ0n) is 14.1. The Labute approximate surface area is 157 Å². The molecular formula is C19H19ClFNO3S. The lowest BCUT2D eigenvalue weighted by Crippen LogP contribution is -2.27. The highest BCUT2D eigenvalue weighted by Gasteiger charge is 2.20. The molecule has 0 saturated carbocycles. The standard InChI is InChI=1S/C19H19ClFNO3S/c20-18-11-17(21)8-7-16(18)13-26(24,25)12-14-3-5-15(6-4-14)19(23)22-9-1-2-10-22/h3-8,11H,1-2,9-10,12-13H2. The number of nitrogens with zero attached hydrogens (tertiary/aromatic N) is 1.